The van der Waals surface area contributed by atoms with Crippen molar-refractivity contribution in [3.8, 4) is 11.1 Å². The van der Waals surface area contributed by atoms with E-state index in [2.05, 4.69) is 157 Å². The minimum absolute atomic E-state index is 1.14. The van der Waals surface area contributed by atoms with Crippen LogP contribution in [0.4, 0.5) is 17.1 Å². The SMILES string of the molecule is c1ccc(-c2ccc(N(c3ccc4ccc5ccccc5c4c3)c3cccc4c3sc3ccccc34)cc2)cc1. The summed E-state index contributed by atoms with van der Waals surface area (Å²) in [6.07, 6.45) is 0. The van der Waals surface area contributed by atoms with Gasteiger partial charge >= 0.3 is 0 Å². The van der Waals surface area contributed by atoms with E-state index in [1.54, 1.807) is 0 Å². The molecular weight excluding hydrogens is 502 g/mol. The second-order valence-corrected chi connectivity index (χ2v) is 11.2. The first-order chi connectivity index (χ1) is 19.8. The summed E-state index contributed by atoms with van der Waals surface area (Å²) in [5.74, 6) is 0. The Balaban J connectivity index is 1.38. The summed E-state index contributed by atoms with van der Waals surface area (Å²) in [6, 6.07) is 55.0. The molecular formula is C38H25NS. The number of anilines is 3. The van der Waals surface area contributed by atoms with Gasteiger partial charge in [0, 0.05) is 26.8 Å². The maximum absolute atomic E-state index is 2.42. The highest BCUT2D eigenvalue weighted by Gasteiger charge is 2.18. The van der Waals surface area contributed by atoms with Crippen molar-refractivity contribution >= 4 is 70.1 Å². The van der Waals surface area contributed by atoms with Crippen LogP contribution < -0.4 is 4.90 Å². The Morgan fingerprint density at radius 1 is 0.400 bits per heavy atom. The molecule has 0 saturated heterocycles. The number of benzene rings is 7. The maximum Gasteiger partial charge on any atom is 0.0640 e. The molecule has 0 unspecified atom stereocenters. The van der Waals surface area contributed by atoms with E-state index in [9.17, 15) is 0 Å². The smallest absolute Gasteiger partial charge is 0.0640 e. The van der Waals surface area contributed by atoms with Gasteiger partial charge in [0.1, 0.15) is 0 Å². The molecule has 8 aromatic rings. The van der Waals surface area contributed by atoms with Gasteiger partial charge in [0.15, 0.2) is 0 Å². The zero-order valence-electron chi connectivity index (χ0n) is 21.8. The third-order valence-corrected chi connectivity index (χ3v) is 9.05. The van der Waals surface area contributed by atoms with E-state index >= 15 is 0 Å². The fourth-order valence-corrected chi connectivity index (χ4v) is 7.10. The molecule has 188 valence electrons. The van der Waals surface area contributed by atoms with Gasteiger partial charge in [-0.2, -0.15) is 0 Å². The molecule has 0 bridgehead atoms. The average molecular weight is 528 g/mol. The molecule has 0 aliphatic carbocycles. The highest BCUT2D eigenvalue weighted by molar-refractivity contribution is 7.26. The molecule has 40 heavy (non-hydrogen) atoms. The number of fused-ring (bicyclic) bond motifs is 6. The molecule has 1 aromatic heterocycles. The lowest BCUT2D eigenvalue weighted by Crippen LogP contribution is -2.10. The van der Waals surface area contributed by atoms with Crippen molar-refractivity contribution in [1.29, 1.82) is 0 Å². The molecule has 2 heteroatoms. The van der Waals surface area contributed by atoms with Crippen molar-refractivity contribution in [3.63, 3.8) is 0 Å². The average Bonchev–Trinajstić information content (AvgIpc) is 3.41. The normalized spacial score (nSPS) is 11.5. The minimum Gasteiger partial charge on any atom is -0.309 e. The van der Waals surface area contributed by atoms with E-state index in [0.29, 0.717) is 0 Å². The van der Waals surface area contributed by atoms with E-state index in [-0.39, 0.29) is 0 Å². The molecule has 0 saturated carbocycles. The van der Waals surface area contributed by atoms with Gasteiger partial charge in [0.2, 0.25) is 0 Å². The lowest BCUT2D eigenvalue weighted by atomic mass is 10.0. The van der Waals surface area contributed by atoms with Crippen molar-refractivity contribution in [2.75, 3.05) is 4.90 Å². The first kappa shape index (κ1) is 23.0. The summed E-state index contributed by atoms with van der Waals surface area (Å²) < 4.78 is 2.61. The minimum atomic E-state index is 1.14. The van der Waals surface area contributed by atoms with E-state index in [0.717, 1.165) is 11.4 Å². The monoisotopic (exact) mass is 527 g/mol. The van der Waals surface area contributed by atoms with Crippen LogP contribution in [-0.4, -0.2) is 0 Å². The predicted octanol–water partition coefficient (Wildman–Crippen LogP) is 11.5. The van der Waals surface area contributed by atoms with Gasteiger partial charge in [-0.1, -0.05) is 115 Å². The molecule has 0 fully saturated rings. The molecule has 0 spiro atoms. The predicted molar refractivity (Wildman–Crippen MR) is 174 cm³/mol. The summed E-state index contributed by atoms with van der Waals surface area (Å²) in [6.45, 7) is 0. The van der Waals surface area contributed by atoms with E-state index in [1.807, 2.05) is 11.3 Å². The van der Waals surface area contributed by atoms with Gasteiger partial charge in [0.25, 0.3) is 0 Å². The molecule has 0 aliphatic heterocycles. The van der Waals surface area contributed by atoms with Crippen LogP contribution in [0.3, 0.4) is 0 Å². The molecule has 0 radical (unpaired) electrons. The highest BCUT2D eigenvalue weighted by atomic mass is 32.1. The molecule has 0 N–H and O–H groups in total. The third kappa shape index (κ3) is 3.77. The van der Waals surface area contributed by atoms with E-state index < -0.39 is 0 Å². The standard InChI is InChI=1S/C38H25NS/c1-2-9-26(10-3-1)27-19-22-30(23-20-27)39(36-15-8-14-34-33-13-6-7-16-37(33)40-38(34)36)31-24-21-29-18-17-28-11-4-5-12-32(28)35(29)25-31/h1-25H. The number of thiophene rings is 1. The molecule has 8 rings (SSSR count). The van der Waals surface area contributed by atoms with Crippen LogP contribution in [0.5, 0.6) is 0 Å². The second-order valence-electron chi connectivity index (χ2n) is 10.2. The largest absolute Gasteiger partial charge is 0.309 e. The van der Waals surface area contributed by atoms with Crippen LogP contribution in [0.2, 0.25) is 0 Å². The number of rotatable bonds is 4. The number of hydrogen-bond acceptors (Lipinski definition) is 2. The Morgan fingerprint density at radius 3 is 1.88 bits per heavy atom. The van der Waals surface area contributed by atoms with Gasteiger partial charge in [-0.25, -0.2) is 0 Å². The van der Waals surface area contributed by atoms with Gasteiger partial charge in [-0.3, -0.25) is 0 Å². The van der Waals surface area contributed by atoms with Crippen LogP contribution in [0.1, 0.15) is 0 Å². The fraction of sp³-hybridized carbons (Fsp3) is 0. The first-order valence-corrected chi connectivity index (χ1v) is 14.4. The van der Waals surface area contributed by atoms with Crippen LogP contribution in [0.15, 0.2) is 152 Å². The van der Waals surface area contributed by atoms with Gasteiger partial charge < -0.3 is 4.90 Å². The quantitative estimate of drug-likeness (QED) is 0.206. The summed E-state index contributed by atoms with van der Waals surface area (Å²) in [4.78, 5) is 2.42. The Bertz CT molecular complexity index is 2160. The molecule has 1 heterocycles. The first-order valence-electron chi connectivity index (χ1n) is 13.6. The zero-order valence-corrected chi connectivity index (χ0v) is 22.6. The van der Waals surface area contributed by atoms with Crippen LogP contribution in [0, 0.1) is 0 Å². The Kier molecular flexibility index (Phi) is 5.39. The van der Waals surface area contributed by atoms with Crippen molar-refractivity contribution in [2.45, 2.75) is 0 Å². The van der Waals surface area contributed by atoms with E-state index in [1.165, 1.54) is 58.5 Å². The summed E-state index contributed by atoms with van der Waals surface area (Å²) in [5, 5.41) is 7.68. The van der Waals surface area contributed by atoms with Crippen molar-refractivity contribution in [3.05, 3.63) is 152 Å². The second kappa shape index (κ2) is 9.37. The zero-order chi connectivity index (χ0) is 26.5. The van der Waals surface area contributed by atoms with Crippen molar-refractivity contribution in [1.82, 2.24) is 0 Å². The Morgan fingerprint density at radius 2 is 1.02 bits per heavy atom. The lowest BCUT2D eigenvalue weighted by Gasteiger charge is -2.27. The lowest BCUT2D eigenvalue weighted by molar-refractivity contribution is 1.31. The van der Waals surface area contributed by atoms with Gasteiger partial charge in [0.05, 0.1) is 10.4 Å². The molecule has 7 aromatic carbocycles. The number of nitrogens with zero attached hydrogens (tertiary/aromatic N) is 1. The third-order valence-electron chi connectivity index (χ3n) is 7.85. The summed E-state index contributed by atoms with van der Waals surface area (Å²) >= 11 is 1.87. The molecule has 0 amide bonds. The topological polar surface area (TPSA) is 3.24 Å². The van der Waals surface area contributed by atoms with E-state index in [4.69, 9.17) is 0 Å². The molecule has 0 aliphatic rings. The van der Waals surface area contributed by atoms with Crippen LogP contribution in [0.25, 0.3) is 52.8 Å². The summed E-state index contributed by atoms with van der Waals surface area (Å²) in [5.41, 5.74) is 5.94. The van der Waals surface area contributed by atoms with Gasteiger partial charge in [-0.05, 0) is 69.1 Å². The van der Waals surface area contributed by atoms with Gasteiger partial charge in [-0.15, -0.1) is 11.3 Å². The van der Waals surface area contributed by atoms with Crippen LogP contribution in [-0.2, 0) is 0 Å². The highest BCUT2D eigenvalue weighted by Crippen LogP contribution is 2.45. The maximum atomic E-state index is 2.42. The molecule has 1 nitrogen and oxygen atoms in total. The Hall–Kier alpha value is -4.92. The Labute approximate surface area is 237 Å². The summed E-state index contributed by atoms with van der Waals surface area (Å²) in [7, 11) is 0. The van der Waals surface area contributed by atoms with Crippen molar-refractivity contribution in [2.24, 2.45) is 0 Å². The van der Waals surface area contributed by atoms with Crippen molar-refractivity contribution < 1.29 is 0 Å². The molecule has 0 atom stereocenters. The number of hydrogen-bond donors (Lipinski definition) is 0. The van der Waals surface area contributed by atoms with Crippen LogP contribution >= 0.6 is 11.3 Å². The fourth-order valence-electron chi connectivity index (χ4n) is 5.90.